The first-order valence-electron chi connectivity index (χ1n) is 8.71. The van der Waals surface area contributed by atoms with E-state index in [1.807, 2.05) is 30.3 Å². The Morgan fingerprint density at radius 3 is 2.52 bits per heavy atom. The number of benzene rings is 1. The van der Waals surface area contributed by atoms with Crippen molar-refractivity contribution in [3.8, 4) is 0 Å². The van der Waals surface area contributed by atoms with Crippen LogP contribution in [0.15, 0.2) is 30.3 Å². The molecule has 1 atom stereocenters. The van der Waals surface area contributed by atoms with Crippen LogP contribution in [0.1, 0.15) is 31.2 Å². The van der Waals surface area contributed by atoms with E-state index in [1.165, 1.54) is 12.8 Å². The number of hydrogen-bond donors (Lipinski definition) is 3. The molecule has 1 aliphatic carbocycles. The predicted molar refractivity (Wildman–Crippen MR) is 90.3 cm³/mol. The van der Waals surface area contributed by atoms with Gasteiger partial charge in [0, 0.05) is 38.1 Å². The smallest absolute Gasteiger partial charge is 0.315 e. The largest absolute Gasteiger partial charge is 0.391 e. The van der Waals surface area contributed by atoms with Crippen LogP contribution >= 0.6 is 0 Å². The average Bonchev–Trinajstić information content (AvgIpc) is 3.40. The van der Waals surface area contributed by atoms with Crippen LogP contribution in [0, 0.1) is 0 Å². The summed E-state index contributed by atoms with van der Waals surface area (Å²) in [7, 11) is 0. The van der Waals surface area contributed by atoms with Crippen molar-refractivity contribution in [2.24, 2.45) is 0 Å². The highest BCUT2D eigenvalue weighted by molar-refractivity contribution is 5.74. The van der Waals surface area contributed by atoms with Crippen LogP contribution in [0.25, 0.3) is 0 Å². The van der Waals surface area contributed by atoms with E-state index in [1.54, 1.807) is 0 Å². The SMILES string of the molecule is O=C(NCC(O)Cc1ccccc1)NC1CCN(C2CC2)CC1. The molecule has 23 heavy (non-hydrogen) atoms. The lowest BCUT2D eigenvalue weighted by Gasteiger charge is -2.32. The molecule has 1 saturated heterocycles. The Labute approximate surface area is 138 Å². The van der Waals surface area contributed by atoms with Crippen LogP contribution in [0.5, 0.6) is 0 Å². The number of aliphatic hydroxyl groups is 1. The highest BCUT2D eigenvalue weighted by Gasteiger charge is 2.32. The molecule has 5 nitrogen and oxygen atoms in total. The predicted octanol–water partition coefficient (Wildman–Crippen LogP) is 1.52. The third kappa shape index (κ3) is 5.22. The van der Waals surface area contributed by atoms with Crippen molar-refractivity contribution in [2.45, 2.75) is 50.3 Å². The van der Waals surface area contributed by atoms with Crippen LogP contribution in [0.2, 0.25) is 0 Å². The standard InChI is InChI=1S/C18H27N3O2/c22-17(12-14-4-2-1-3-5-14)13-19-18(23)20-15-8-10-21(11-9-15)16-6-7-16/h1-5,15-17,22H,6-13H2,(H2,19,20,23). The van der Waals surface area contributed by atoms with Crippen LogP contribution in [0.3, 0.4) is 0 Å². The van der Waals surface area contributed by atoms with Gasteiger partial charge in [0.25, 0.3) is 0 Å². The number of hydrogen-bond acceptors (Lipinski definition) is 3. The fourth-order valence-corrected chi connectivity index (χ4v) is 3.25. The van der Waals surface area contributed by atoms with Gasteiger partial charge in [0.2, 0.25) is 0 Å². The number of likely N-dealkylation sites (tertiary alicyclic amines) is 1. The molecule has 126 valence electrons. The van der Waals surface area contributed by atoms with Crippen molar-refractivity contribution in [1.29, 1.82) is 0 Å². The fraction of sp³-hybridized carbons (Fsp3) is 0.611. The second-order valence-corrected chi connectivity index (χ2v) is 6.74. The molecule has 5 heteroatoms. The van der Waals surface area contributed by atoms with Gasteiger partial charge in [0.05, 0.1) is 6.10 Å². The van der Waals surface area contributed by atoms with Gasteiger partial charge in [-0.3, -0.25) is 0 Å². The highest BCUT2D eigenvalue weighted by atomic mass is 16.3. The summed E-state index contributed by atoms with van der Waals surface area (Å²) in [6.45, 7) is 2.46. The molecule has 2 fully saturated rings. The van der Waals surface area contributed by atoms with Crippen molar-refractivity contribution in [2.75, 3.05) is 19.6 Å². The van der Waals surface area contributed by atoms with Crippen molar-refractivity contribution in [3.05, 3.63) is 35.9 Å². The number of rotatable bonds is 6. The Hall–Kier alpha value is -1.59. The molecule has 1 saturated carbocycles. The van der Waals surface area contributed by atoms with Crippen molar-refractivity contribution in [1.82, 2.24) is 15.5 Å². The van der Waals surface area contributed by atoms with Gasteiger partial charge < -0.3 is 20.6 Å². The molecular weight excluding hydrogens is 290 g/mol. The lowest BCUT2D eigenvalue weighted by Crippen LogP contribution is -2.49. The van der Waals surface area contributed by atoms with Gasteiger partial charge in [-0.05, 0) is 31.2 Å². The minimum atomic E-state index is -0.556. The summed E-state index contributed by atoms with van der Waals surface area (Å²) in [5, 5.41) is 15.8. The number of nitrogens with zero attached hydrogens (tertiary/aromatic N) is 1. The van der Waals surface area contributed by atoms with E-state index in [2.05, 4.69) is 15.5 Å². The van der Waals surface area contributed by atoms with Crippen molar-refractivity contribution >= 4 is 6.03 Å². The third-order valence-corrected chi connectivity index (χ3v) is 4.74. The van der Waals surface area contributed by atoms with Crippen LogP contribution in [-0.4, -0.2) is 53.9 Å². The first-order valence-corrected chi connectivity index (χ1v) is 8.71. The van der Waals surface area contributed by atoms with Crippen molar-refractivity contribution in [3.63, 3.8) is 0 Å². The maximum absolute atomic E-state index is 11.9. The van der Waals surface area contributed by atoms with E-state index in [0.29, 0.717) is 6.42 Å². The first-order chi connectivity index (χ1) is 11.2. The number of amides is 2. The second kappa shape index (κ2) is 7.79. The quantitative estimate of drug-likeness (QED) is 0.745. The molecule has 0 bridgehead atoms. The van der Waals surface area contributed by atoms with Gasteiger partial charge in [0.15, 0.2) is 0 Å². The van der Waals surface area contributed by atoms with Crippen molar-refractivity contribution < 1.29 is 9.90 Å². The van der Waals surface area contributed by atoms with E-state index < -0.39 is 6.10 Å². The Morgan fingerprint density at radius 1 is 1.17 bits per heavy atom. The van der Waals surface area contributed by atoms with Gasteiger partial charge in [-0.1, -0.05) is 30.3 Å². The highest BCUT2D eigenvalue weighted by Crippen LogP contribution is 2.29. The number of nitrogens with one attached hydrogen (secondary N) is 2. The molecule has 1 aromatic carbocycles. The molecule has 3 rings (SSSR count). The third-order valence-electron chi connectivity index (χ3n) is 4.74. The Kier molecular flexibility index (Phi) is 5.51. The monoisotopic (exact) mass is 317 g/mol. The molecule has 0 spiro atoms. The molecule has 2 aliphatic rings. The van der Waals surface area contributed by atoms with Gasteiger partial charge in [-0.2, -0.15) is 0 Å². The van der Waals surface area contributed by atoms with E-state index in [0.717, 1.165) is 37.5 Å². The zero-order valence-electron chi connectivity index (χ0n) is 13.6. The van der Waals surface area contributed by atoms with Crippen LogP contribution in [-0.2, 0) is 6.42 Å². The number of carbonyl (C=O) groups excluding carboxylic acids is 1. The van der Waals surface area contributed by atoms with E-state index >= 15 is 0 Å². The average molecular weight is 317 g/mol. The maximum atomic E-state index is 11.9. The summed E-state index contributed by atoms with van der Waals surface area (Å²) in [4.78, 5) is 14.5. The minimum absolute atomic E-state index is 0.165. The summed E-state index contributed by atoms with van der Waals surface area (Å²) < 4.78 is 0. The molecular formula is C18H27N3O2. The summed E-state index contributed by atoms with van der Waals surface area (Å²) >= 11 is 0. The molecule has 2 amide bonds. The molecule has 1 aromatic rings. The fourth-order valence-electron chi connectivity index (χ4n) is 3.25. The summed E-state index contributed by atoms with van der Waals surface area (Å²) in [5.74, 6) is 0. The normalized spacial score (nSPS) is 20.9. The second-order valence-electron chi connectivity index (χ2n) is 6.74. The van der Waals surface area contributed by atoms with Crippen LogP contribution in [0.4, 0.5) is 4.79 Å². The molecule has 1 aliphatic heterocycles. The number of aliphatic hydroxyl groups excluding tert-OH is 1. The van der Waals surface area contributed by atoms with E-state index in [4.69, 9.17) is 0 Å². The summed E-state index contributed by atoms with van der Waals surface area (Å²) in [6, 6.07) is 10.7. The Bertz CT molecular complexity index is 496. The summed E-state index contributed by atoms with van der Waals surface area (Å²) in [6.07, 6.45) is 4.74. The molecule has 3 N–H and O–H groups in total. The lowest BCUT2D eigenvalue weighted by molar-refractivity contribution is 0.165. The first kappa shape index (κ1) is 16.3. The van der Waals surface area contributed by atoms with E-state index in [9.17, 15) is 9.90 Å². The van der Waals surface area contributed by atoms with Gasteiger partial charge in [-0.15, -0.1) is 0 Å². The van der Waals surface area contributed by atoms with Gasteiger partial charge in [-0.25, -0.2) is 4.79 Å². The van der Waals surface area contributed by atoms with E-state index in [-0.39, 0.29) is 18.6 Å². The minimum Gasteiger partial charge on any atom is -0.391 e. The molecule has 1 heterocycles. The lowest BCUT2D eigenvalue weighted by atomic mass is 10.1. The Balaban J connectivity index is 1.31. The molecule has 1 unspecified atom stereocenters. The topological polar surface area (TPSA) is 64.6 Å². The zero-order chi connectivity index (χ0) is 16.1. The maximum Gasteiger partial charge on any atom is 0.315 e. The van der Waals surface area contributed by atoms with Crippen LogP contribution < -0.4 is 10.6 Å². The molecule has 0 radical (unpaired) electrons. The Morgan fingerprint density at radius 2 is 1.87 bits per heavy atom. The number of urea groups is 1. The molecule has 0 aromatic heterocycles. The van der Waals surface area contributed by atoms with Gasteiger partial charge in [0.1, 0.15) is 0 Å². The number of carbonyl (C=O) groups is 1. The zero-order valence-corrected chi connectivity index (χ0v) is 13.6. The summed E-state index contributed by atoms with van der Waals surface area (Å²) in [5.41, 5.74) is 1.08. The van der Waals surface area contributed by atoms with Gasteiger partial charge >= 0.3 is 6.03 Å². The number of piperidine rings is 1.